The fourth-order valence-corrected chi connectivity index (χ4v) is 6.31. The first-order valence-corrected chi connectivity index (χ1v) is 16.5. The molecule has 12 nitrogen and oxygen atoms in total. The van der Waals surface area contributed by atoms with Gasteiger partial charge in [0.15, 0.2) is 0 Å². The number of imide groups is 2. The number of ether oxygens (including phenoxy) is 1. The number of phenols is 2. The zero-order valence-electron chi connectivity index (χ0n) is 27.8. The second-order valence-corrected chi connectivity index (χ2v) is 12.1. The molecule has 51 heavy (non-hydrogen) atoms. The van der Waals surface area contributed by atoms with Crippen LogP contribution in [0.2, 0.25) is 0 Å². The Morgan fingerprint density at radius 1 is 0.843 bits per heavy atom. The molecular weight excluding hydrogens is 652 g/mol. The Labute approximate surface area is 293 Å². The maximum Gasteiger partial charge on any atom is 0.264 e. The molecule has 4 aromatic carbocycles. The smallest absolute Gasteiger partial charge is 0.264 e. The predicted molar refractivity (Wildman–Crippen MR) is 189 cm³/mol. The third-order valence-electron chi connectivity index (χ3n) is 8.77. The first-order valence-electron chi connectivity index (χ1n) is 16.5. The minimum Gasteiger partial charge on any atom is -0.508 e. The molecule has 5 amide bonds. The van der Waals surface area contributed by atoms with Gasteiger partial charge in [-0.25, -0.2) is 0 Å². The van der Waals surface area contributed by atoms with Gasteiger partial charge in [-0.2, -0.15) is 0 Å². The van der Waals surface area contributed by atoms with E-state index >= 15 is 0 Å². The third-order valence-corrected chi connectivity index (χ3v) is 8.77. The molecule has 1 atom stereocenters. The highest BCUT2D eigenvalue weighted by Crippen LogP contribution is 2.36. The molecule has 1 unspecified atom stereocenters. The summed E-state index contributed by atoms with van der Waals surface area (Å²) in [5, 5.41) is 27.6. The summed E-state index contributed by atoms with van der Waals surface area (Å²) in [5.74, 6) is -1.85. The Bertz CT molecular complexity index is 2020. The lowest BCUT2D eigenvalue weighted by molar-refractivity contribution is -0.136. The average Bonchev–Trinajstić information content (AvgIpc) is 3.38. The molecule has 12 heteroatoms. The molecule has 2 aliphatic rings. The zero-order valence-corrected chi connectivity index (χ0v) is 27.8. The van der Waals surface area contributed by atoms with Crippen molar-refractivity contribution in [3.05, 3.63) is 119 Å². The van der Waals surface area contributed by atoms with Crippen LogP contribution in [0.1, 0.15) is 63.6 Å². The van der Waals surface area contributed by atoms with Crippen molar-refractivity contribution >= 4 is 46.4 Å². The lowest BCUT2D eigenvalue weighted by Gasteiger charge is -2.27. The summed E-state index contributed by atoms with van der Waals surface area (Å²) in [6.07, 6.45) is 0.785. The van der Waals surface area contributed by atoms with E-state index in [1.807, 2.05) is 48.5 Å². The highest BCUT2D eigenvalue weighted by Gasteiger charge is 2.45. The van der Waals surface area contributed by atoms with Gasteiger partial charge in [0, 0.05) is 12.1 Å². The largest absolute Gasteiger partial charge is 0.508 e. The van der Waals surface area contributed by atoms with Crippen molar-refractivity contribution in [3.63, 3.8) is 0 Å². The Morgan fingerprint density at radius 3 is 2.10 bits per heavy atom. The normalized spacial score (nSPS) is 15.9. The van der Waals surface area contributed by atoms with Crippen LogP contribution in [0.25, 0.3) is 11.1 Å². The lowest BCUT2D eigenvalue weighted by atomic mass is 9.88. The van der Waals surface area contributed by atoms with E-state index in [1.54, 1.807) is 36.4 Å². The number of carbonyl (C=O) groups excluding carboxylic acids is 5. The second-order valence-electron chi connectivity index (χ2n) is 12.1. The van der Waals surface area contributed by atoms with Gasteiger partial charge >= 0.3 is 0 Å². The number of nitrogens with one attached hydrogen (secondary N) is 3. The Hall–Kier alpha value is -6.43. The van der Waals surface area contributed by atoms with E-state index < -0.39 is 29.7 Å². The van der Waals surface area contributed by atoms with E-state index in [2.05, 4.69) is 22.9 Å². The Morgan fingerprint density at radius 2 is 1.47 bits per heavy atom. The van der Waals surface area contributed by atoms with Crippen molar-refractivity contribution in [1.82, 2.24) is 15.5 Å². The maximum absolute atomic E-state index is 13.3. The summed E-state index contributed by atoms with van der Waals surface area (Å²) in [6.45, 7) is 2.27. The Kier molecular flexibility index (Phi) is 10.1. The van der Waals surface area contributed by atoms with Crippen molar-refractivity contribution in [3.8, 4) is 17.2 Å². The first-order chi connectivity index (χ1) is 24.6. The summed E-state index contributed by atoms with van der Waals surface area (Å²) in [6, 6.07) is 25.2. The second kappa shape index (κ2) is 15.0. The summed E-state index contributed by atoms with van der Waals surface area (Å²) >= 11 is 0. The molecule has 2 aliphatic heterocycles. The third kappa shape index (κ3) is 7.44. The molecule has 0 aromatic heterocycles. The van der Waals surface area contributed by atoms with Crippen LogP contribution in [0.4, 0.5) is 5.69 Å². The molecule has 260 valence electrons. The lowest BCUT2D eigenvalue weighted by Crippen LogP contribution is -2.54. The number of allylic oxidation sites excluding steroid dienone is 1. The summed E-state index contributed by atoms with van der Waals surface area (Å²) in [4.78, 5) is 63.8. The van der Waals surface area contributed by atoms with Crippen LogP contribution in [0, 0.1) is 0 Å². The van der Waals surface area contributed by atoms with E-state index in [0.29, 0.717) is 5.75 Å². The molecule has 1 fully saturated rings. The van der Waals surface area contributed by atoms with Crippen molar-refractivity contribution in [2.45, 2.75) is 32.2 Å². The van der Waals surface area contributed by atoms with Crippen LogP contribution >= 0.6 is 0 Å². The minimum atomic E-state index is -1.08. The monoisotopic (exact) mass is 688 g/mol. The van der Waals surface area contributed by atoms with E-state index in [1.165, 1.54) is 6.07 Å². The molecule has 0 bridgehead atoms. The number of fused-ring (bicyclic) bond motifs is 1. The predicted octanol–water partition coefficient (Wildman–Crippen LogP) is 4.48. The number of nitrogens with zero attached hydrogens (tertiary/aromatic N) is 1. The van der Waals surface area contributed by atoms with Gasteiger partial charge in [-0.3, -0.25) is 34.2 Å². The molecule has 0 radical (unpaired) electrons. The van der Waals surface area contributed by atoms with Crippen molar-refractivity contribution in [2.24, 2.45) is 0 Å². The summed E-state index contributed by atoms with van der Waals surface area (Å²) < 4.78 is 5.88. The maximum atomic E-state index is 13.3. The summed E-state index contributed by atoms with van der Waals surface area (Å²) in [7, 11) is 0. The highest BCUT2D eigenvalue weighted by atomic mass is 16.5. The number of hydrogen-bond acceptors (Lipinski definition) is 9. The Balaban J connectivity index is 1.05. The fourth-order valence-electron chi connectivity index (χ4n) is 6.31. The number of benzene rings is 4. The number of aromatic hydroxyl groups is 2. The van der Waals surface area contributed by atoms with Crippen LogP contribution in [-0.4, -0.2) is 70.4 Å². The molecule has 0 spiro atoms. The van der Waals surface area contributed by atoms with E-state index in [-0.39, 0.29) is 66.8 Å². The number of piperidine rings is 1. The average molecular weight is 689 g/mol. The van der Waals surface area contributed by atoms with Gasteiger partial charge < -0.3 is 25.6 Å². The molecule has 0 aliphatic carbocycles. The van der Waals surface area contributed by atoms with Gasteiger partial charge in [-0.15, -0.1) is 0 Å². The number of anilines is 1. The minimum absolute atomic E-state index is 0.0191. The van der Waals surface area contributed by atoms with Gasteiger partial charge in [0.05, 0.1) is 24.2 Å². The van der Waals surface area contributed by atoms with Crippen molar-refractivity contribution in [2.75, 3.05) is 25.0 Å². The quantitative estimate of drug-likeness (QED) is 0.0817. The molecule has 1 saturated heterocycles. The van der Waals surface area contributed by atoms with Gasteiger partial charge in [0.25, 0.3) is 11.8 Å². The van der Waals surface area contributed by atoms with Crippen LogP contribution in [0.5, 0.6) is 17.2 Å². The van der Waals surface area contributed by atoms with Gasteiger partial charge in [-0.1, -0.05) is 49.4 Å². The number of rotatable bonds is 12. The zero-order chi connectivity index (χ0) is 36.1. The number of hydrogen-bond donors (Lipinski definition) is 5. The molecule has 0 saturated carbocycles. The standard InChI is InChI=1S/C39H36N4O8/c1-2-29(23-6-12-26(44)13-7-23)35(24-8-14-27(45)15-9-24)25-10-16-28(17-11-25)51-21-20-40-34(47)22-41-31-5-3-4-30-36(31)39(50)43(38(30)49)32-18-19-33(46)42-37(32)48/h3-17,32,41,44-45H,2,18-22H2,1H3,(H,40,47)(H,42,46,48). The van der Waals surface area contributed by atoms with Gasteiger partial charge in [0.2, 0.25) is 17.7 Å². The molecule has 5 N–H and O–H groups in total. The van der Waals surface area contributed by atoms with E-state index in [9.17, 15) is 34.2 Å². The van der Waals surface area contributed by atoms with Gasteiger partial charge in [0.1, 0.15) is 29.9 Å². The van der Waals surface area contributed by atoms with Crippen LogP contribution < -0.4 is 20.7 Å². The van der Waals surface area contributed by atoms with Gasteiger partial charge in [-0.05, 0) is 89.2 Å². The fraction of sp³-hybridized carbons (Fsp3) is 0.205. The molecular formula is C39H36N4O8. The van der Waals surface area contributed by atoms with Crippen molar-refractivity contribution in [1.29, 1.82) is 0 Å². The number of carbonyl (C=O) groups is 5. The first kappa shape index (κ1) is 34.4. The van der Waals surface area contributed by atoms with E-state index in [4.69, 9.17) is 4.74 Å². The number of phenolic OH excluding ortho intramolecular Hbond substituents is 2. The van der Waals surface area contributed by atoms with Crippen LogP contribution in [0.3, 0.4) is 0 Å². The highest BCUT2D eigenvalue weighted by molar-refractivity contribution is 6.25. The summed E-state index contributed by atoms with van der Waals surface area (Å²) in [5.41, 5.74) is 5.34. The molecule has 2 heterocycles. The van der Waals surface area contributed by atoms with Crippen molar-refractivity contribution < 1.29 is 38.9 Å². The van der Waals surface area contributed by atoms with Crippen LogP contribution in [0.15, 0.2) is 91.0 Å². The SMILES string of the molecule is CCC(=C(c1ccc(O)cc1)c1ccc(OCCNC(=O)CNc2cccc3c2C(=O)N(C2CCC(=O)NC2=O)C3=O)cc1)c1ccc(O)cc1. The topological polar surface area (TPSA) is 174 Å². The molecule has 6 rings (SSSR count). The number of amides is 5. The molecule has 4 aromatic rings. The van der Waals surface area contributed by atoms with E-state index in [0.717, 1.165) is 39.2 Å². The van der Waals surface area contributed by atoms with Crippen LogP contribution in [-0.2, 0) is 14.4 Å².